The minimum atomic E-state index is -0.181. The van der Waals surface area contributed by atoms with Crippen LogP contribution >= 0.6 is 23.2 Å². The molecular weight excluding hydrogens is 573 g/mol. The molecule has 4 nitrogen and oxygen atoms in total. The van der Waals surface area contributed by atoms with Crippen LogP contribution in [0.1, 0.15) is 12.6 Å². The van der Waals surface area contributed by atoms with E-state index >= 15 is 0 Å². The third kappa shape index (κ3) is 14.0. The number of carbonyl (C=O) groups excluding carboxylic acids is 1. The maximum absolute atomic E-state index is 8.64. The van der Waals surface area contributed by atoms with Gasteiger partial charge in [-0.2, -0.15) is 0 Å². The molecule has 0 radical (unpaired) electrons. The predicted molar refractivity (Wildman–Crippen MR) is 146 cm³/mol. The van der Waals surface area contributed by atoms with Crippen LogP contribution in [0, 0.1) is 24.7 Å². The monoisotopic (exact) mass is 596 g/mol. The zero-order valence-electron chi connectivity index (χ0n) is 22.4. The number of benzene rings is 4. The first-order chi connectivity index (χ1) is 17.5. The van der Waals surface area contributed by atoms with Crippen molar-refractivity contribution in [3.63, 3.8) is 0 Å². The number of hydrogen-bond donors (Lipinski definition) is 1. The summed E-state index contributed by atoms with van der Waals surface area (Å²) in [7, 11) is 1.00. The third-order valence-corrected chi connectivity index (χ3v) is 4.95. The van der Waals surface area contributed by atoms with Crippen molar-refractivity contribution in [3.8, 4) is 46.9 Å². The number of terminal acetylenes is 2. The molecule has 0 spiro atoms. The fourth-order valence-corrected chi connectivity index (χ4v) is 3.34. The van der Waals surface area contributed by atoms with Gasteiger partial charge >= 0.3 is 103 Å². The largest absolute Gasteiger partial charge is 1.00 e. The zero-order chi connectivity index (χ0) is 26.8. The Morgan fingerprint density at radius 2 is 1.05 bits per heavy atom. The Hall–Kier alpha value is -0.757. The van der Waals surface area contributed by atoms with E-state index in [0.29, 0.717) is 10.0 Å². The fourth-order valence-electron chi connectivity index (χ4n) is 3.00. The summed E-state index contributed by atoms with van der Waals surface area (Å²) in [5.74, 6) is 5.33. The summed E-state index contributed by atoms with van der Waals surface area (Å²) in [6.07, 6.45) is 10.9. The second-order valence-electron chi connectivity index (χ2n) is 6.59. The summed E-state index contributed by atoms with van der Waals surface area (Å²) in [5, 5.41) is 16.8. The fraction of sp³-hybridized carbons (Fsp3) is 0.0333. The van der Waals surface area contributed by atoms with Crippen LogP contribution in [0.3, 0.4) is 0 Å². The molecule has 0 unspecified atom stereocenters. The van der Waals surface area contributed by atoms with Crippen molar-refractivity contribution in [2.45, 2.75) is 0 Å². The molecule has 8 heteroatoms. The molecule has 0 saturated heterocycles. The summed E-state index contributed by atoms with van der Waals surface area (Å²) in [6, 6.07) is 31.1. The number of hydrogen-bond acceptors (Lipinski definition) is 4. The minimum Gasteiger partial charge on any atom is -1.00 e. The molecule has 0 aliphatic carbocycles. The topological polar surface area (TPSA) is 69.6 Å². The van der Waals surface area contributed by atoms with E-state index in [0.717, 1.165) is 40.5 Å². The SMILES string of the molecule is C#Cc1ccc(Cl)cc1-c1ccccc1.C#Cc1ccc(Cl)cc1-c1ccccc1.CO.O=CO[O-].[H-].[K+].[K+]. The summed E-state index contributed by atoms with van der Waals surface area (Å²) in [6.45, 7) is -0.181. The first kappa shape index (κ1) is 39.4. The van der Waals surface area contributed by atoms with Gasteiger partial charge in [0, 0.05) is 28.3 Å². The molecule has 0 aliphatic rings. The Bertz CT molecular complexity index is 1210. The number of aliphatic hydroxyl groups excluding tert-OH is 1. The van der Waals surface area contributed by atoms with Crippen molar-refractivity contribution in [2.24, 2.45) is 0 Å². The molecule has 0 amide bonds. The van der Waals surface area contributed by atoms with Gasteiger partial charge in [0.25, 0.3) is 6.47 Å². The van der Waals surface area contributed by atoms with Crippen LogP contribution in [0.5, 0.6) is 0 Å². The standard InChI is InChI=1S/2C14H9Cl.CH2O3.CH4O.2K.H/c2*1-2-11-8-9-13(15)10-14(11)12-6-4-3-5-7-12;2-1-4-3;1-2;;;/h2*1,3-10H;1,3H;2H,1H3;;;/q;;;;2*+1;-1/p-1. The molecule has 0 heterocycles. The van der Waals surface area contributed by atoms with Gasteiger partial charge in [0.1, 0.15) is 0 Å². The minimum absolute atomic E-state index is 0. The molecule has 0 saturated carbocycles. The van der Waals surface area contributed by atoms with Crippen LogP contribution in [-0.2, 0) is 9.68 Å². The molecule has 184 valence electrons. The third-order valence-electron chi connectivity index (χ3n) is 4.48. The average molecular weight is 598 g/mol. The molecule has 4 aromatic carbocycles. The summed E-state index contributed by atoms with van der Waals surface area (Å²) in [4.78, 5) is 11.2. The molecule has 4 aromatic rings. The van der Waals surface area contributed by atoms with E-state index in [2.05, 4.69) is 16.7 Å². The van der Waals surface area contributed by atoms with Crippen LogP contribution in [0.25, 0.3) is 22.3 Å². The Morgan fingerprint density at radius 3 is 1.32 bits per heavy atom. The molecule has 0 aliphatic heterocycles. The van der Waals surface area contributed by atoms with Crippen LogP contribution < -0.4 is 108 Å². The van der Waals surface area contributed by atoms with E-state index in [-0.39, 0.29) is 111 Å². The van der Waals surface area contributed by atoms with Crippen molar-refractivity contribution in [3.05, 3.63) is 118 Å². The van der Waals surface area contributed by atoms with E-state index in [9.17, 15) is 0 Å². The second kappa shape index (κ2) is 24.1. The van der Waals surface area contributed by atoms with Crippen molar-refractivity contribution >= 4 is 29.7 Å². The normalized spacial score (nSPS) is 8.29. The number of carbonyl (C=O) groups is 1. The molecule has 0 aromatic heterocycles. The number of rotatable bonds is 3. The number of halogens is 2. The van der Waals surface area contributed by atoms with Gasteiger partial charge in [-0.05, 0) is 58.7 Å². The van der Waals surface area contributed by atoms with Gasteiger partial charge in [-0.1, -0.05) is 95.7 Å². The van der Waals surface area contributed by atoms with Crippen molar-refractivity contribution < 1.29 is 124 Å². The Labute approximate surface area is 321 Å². The Balaban J connectivity index is -0.000000521. The molecule has 0 bridgehead atoms. The molecule has 38 heavy (non-hydrogen) atoms. The van der Waals surface area contributed by atoms with Gasteiger partial charge < -0.3 is 16.7 Å². The van der Waals surface area contributed by atoms with Gasteiger partial charge in [-0.15, -0.1) is 12.8 Å². The van der Waals surface area contributed by atoms with Crippen LogP contribution in [-0.4, -0.2) is 18.7 Å². The molecule has 0 atom stereocenters. The van der Waals surface area contributed by atoms with Crippen LogP contribution in [0.2, 0.25) is 10.0 Å². The second-order valence-corrected chi connectivity index (χ2v) is 7.47. The van der Waals surface area contributed by atoms with E-state index in [1.54, 1.807) is 0 Å². The Morgan fingerprint density at radius 1 is 0.737 bits per heavy atom. The van der Waals surface area contributed by atoms with Gasteiger partial charge in [-0.25, -0.2) is 0 Å². The average Bonchev–Trinajstić information content (AvgIpc) is 2.95. The van der Waals surface area contributed by atoms with Crippen molar-refractivity contribution in [1.82, 2.24) is 0 Å². The summed E-state index contributed by atoms with van der Waals surface area (Å²) < 4.78 is 0. The molecule has 0 fully saturated rings. The van der Waals surface area contributed by atoms with E-state index in [1.165, 1.54) is 0 Å². The zero-order valence-corrected chi connectivity index (χ0v) is 29.2. The van der Waals surface area contributed by atoms with E-state index < -0.39 is 0 Å². The summed E-state index contributed by atoms with van der Waals surface area (Å²) >= 11 is 11.9. The van der Waals surface area contributed by atoms with E-state index in [1.807, 2.05) is 97.1 Å². The maximum atomic E-state index is 8.64. The van der Waals surface area contributed by atoms with Gasteiger partial charge in [-0.3, -0.25) is 4.79 Å². The quantitative estimate of drug-likeness (QED) is 0.120. The summed E-state index contributed by atoms with van der Waals surface area (Å²) in [5.41, 5.74) is 5.92. The van der Waals surface area contributed by atoms with Gasteiger partial charge in [0.2, 0.25) is 0 Å². The van der Waals surface area contributed by atoms with Crippen molar-refractivity contribution in [2.75, 3.05) is 7.11 Å². The van der Waals surface area contributed by atoms with Gasteiger partial charge in [0.15, 0.2) is 0 Å². The first-order valence-electron chi connectivity index (χ1n) is 10.3. The number of aliphatic hydroxyl groups is 1. The molecule has 4 rings (SSSR count). The molecular formula is C30H24Cl2K2O4. The van der Waals surface area contributed by atoms with Crippen LogP contribution in [0.15, 0.2) is 97.1 Å². The Kier molecular flexibility index (Phi) is 25.0. The predicted octanol–water partition coefficient (Wildman–Crippen LogP) is 0.140. The van der Waals surface area contributed by atoms with E-state index in [4.69, 9.17) is 51.2 Å². The first-order valence-corrected chi connectivity index (χ1v) is 11.1. The molecule has 1 N–H and O–H groups in total. The maximum Gasteiger partial charge on any atom is 1.00 e. The van der Waals surface area contributed by atoms with Crippen molar-refractivity contribution in [1.29, 1.82) is 0 Å². The van der Waals surface area contributed by atoms with Gasteiger partial charge in [0.05, 0.1) is 0 Å². The van der Waals surface area contributed by atoms with Crippen LogP contribution in [0.4, 0.5) is 0 Å². The smallest absolute Gasteiger partial charge is 1.00 e.